The van der Waals surface area contributed by atoms with E-state index in [0.29, 0.717) is 11.4 Å². The monoisotopic (exact) mass is 290 g/mol. The van der Waals surface area contributed by atoms with Crippen LogP contribution >= 0.6 is 0 Å². The van der Waals surface area contributed by atoms with Crippen LogP contribution in [0.2, 0.25) is 0 Å². The summed E-state index contributed by atoms with van der Waals surface area (Å²) in [5, 5.41) is 2.46. The molecule has 0 aromatic heterocycles. The van der Waals surface area contributed by atoms with Gasteiger partial charge in [0.25, 0.3) is 5.91 Å². The molecule has 1 amide bonds. The van der Waals surface area contributed by atoms with E-state index in [1.807, 2.05) is 6.92 Å². The Hall–Kier alpha value is -2.43. The Morgan fingerprint density at radius 3 is 2.57 bits per heavy atom. The number of nitrogen functional groups attached to an aromatic ring is 1. The molecule has 110 valence electrons. The lowest BCUT2D eigenvalue weighted by Gasteiger charge is -2.10. The summed E-state index contributed by atoms with van der Waals surface area (Å²) in [7, 11) is 0. The highest BCUT2D eigenvalue weighted by Gasteiger charge is 2.19. The minimum atomic E-state index is -0.895. The van der Waals surface area contributed by atoms with E-state index in [4.69, 9.17) is 5.73 Å². The summed E-state index contributed by atoms with van der Waals surface area (Å²) in [6.45, 7) is 3.43. The first-order chi connectivity index (χ1) is 9.93. The third kappa shape index (κ3) is 3.02. The van der Waals surface area contributed by atoms with Crippen molar-refractivity contribution in [3.05, 3.63) is 58.7 Å². The fourth-order valence-corrected chi connectivity index (χ4v) is 2.05. The van der Waals surface area contributed by atoms with Gasteiger partial charge in [-0.3, -0.25) is 4.79 Å². The van der Waals surface area contributed by atoms with Crippen LogP contribution < -0.4 is 11.1 Å². The summed E-state index contributed by atoms with van der Waals surface area (Å²) in [5.41, 5.74) is 7.32. The molecule has 2 aromatic rings. The molecule has 5 heteroatoms. The Kier molecular flexibility index (Phi) is 4.21. The van der Waals surface area contributed by atoms with Crippen LogP contribution in [-0.4, -0.2) is 5.91 Å². The van der Waals surface area contributed by atoms with Crippen molar-refractivity contribution in [2.75, 3.05) is 11.1 Å². The highest BCUT2D eigenvalue weighted by molar-refractivity contribution is 6.05. The molecule has 0 saturated heterocycles. The molecule has 0 atom stereocenters. The zero-order valence-electron chi connectivity index (χ0n) is 11.8. The molecular formula is C16H16F2N2O. The molecule has 0 radical (unpaired) electrons. The normalized spacial score (nSPS) is 10.5. The van der Waals surface area contributed by atoms with Crippen molar-refractivity contribution in [1.82, 2.24) is 0 Å². The van der Waals surface area contributed by atoms with Gasteiger partial charge in [0.05, 0.1) is 0 Å². The van der Waals surface area contributed by atoms with Crippen molar-refractivity contribution in [3.8, 4) is 0 Å². The molecule has 0 aliphatic carbocycles. The Balaban J connectivity index is 2.30. The minimum Gasteiger partial charge on any atom is -0.398 e. The lowest BCUT2D eigenvalue weighted by Crippen LogP contribution is -2.16. The van der Waals surface area contributed by atoms with Gasteiger partial charge in [-0.05, 0) is 42.7 Å². The summed E-state index contributed by atoms with van der Waals surface area (Å²) < 4.78 is 27.5. The van der Waals surface area contributed by atoms with Crippen molar-refractivity contribution in [2.24, 2.45) is 0 Å². The van der Waals surface area contributed by atoms with E-state index in [1.54, 1.807) is 18.2 Å². The maximum atomic E-state index is 13.9. The number of anilines is 2. The second kappa shape index (κ2) is 5.91. The van der Waals surface area contributed by atoms with E-state index in [0.717, 1.165) is 18.1 Å². The zero-order chi connectivity index (χ0) is 15.6. The van der Waals surface area contributed by atoms with Crippen LogP contribution in [-0.2, 0) is 6.42 Å². The number of nitrogens with two attached hydrogens (primary N) is 1. The third-order valence-corrected chi connectivity index (χ3v) is 3.30. The summed E-state index contributed by atoms with van der Waals surface area (Å²) >= 11 is 0. The van der Waals surface area contributed by atoms with Crippen LogP contribution in [0.25, 0.3) is 0 Å². The molecule has 3 nitrogen and oxygen atoms in total. The van der Waals surface area contributed by atoms with Crippen LogP contribution in [0.4, 0.5) is 20.2 Å². The largest absolute Gasteiger partial charge is 0.398 e. The molecule has 0 aliphatic rings. The standard InChI is InChI=1S/C16H16F2N2O/c1-3-10-5-6-11(8-13(10)19)20-16(21)14-12(17)7-4-9(2)15(14)18/h4-8H,3,19H2,1-2H3,(H,20,21). The van der Waals surface area contributed by atoms with Crippen molar-refractivity contribution in [3.63, 3.8) is 0 Å². The lowest BCUT2D eigenvalue weighted by molar-refractivity contribution is 0.101. The van der Waals surface area contributed by atoms with Gasteiger partial charge in [-0.2, -0.15) is 0 Å². The summed E-state index contributed by atoms with van der Waals surface area (Å²) in [5.74, 6) is -2.59. The van der Waals surface area contributed by atoms with E-state index < -0.39 is 23.1 Å². The number of amides is 1. The predicted molar refractivity (Wildman–Crippen MR) is 79.3 cm³/mol. The van der Waals surface area contributed by atoms with Gasteiger partial charge < -0.3 is 11.1 Å². The van der Waals surface area contributed by atoms with Gasteiger partial charge in [0.1, 0.15) is 17.2 Å². The van der Waals surface area contributed by atoms with Gasteiger partial charge in [0, 0.05) is 11.4 Å². The molecule has 0 bridgehead atoms. The Bertz CT molecular complexity index is 699. The summed E-state index contributed by atoms with van der Waals surface area (Å²) in [6.07, 6.45) is 0.765. The molecule has 3 N–H and O–H groups in total. The van der Waals surface area contributed by atoms with E-state index in [2.05, 4.69) is 5.32 Å². The van der Waals surface area contributed by atoms with Gasteiger partial charge in [-0.1, -0.05) is 19.1 Å². The van der Waals surface area contributed by atoms with E-state index in [9.17, 15) is 13.6 Å². The highest BCUT2D eigenvalue weighted by atomic mass is 19.1. The number of benzene rings is 2. The first-order valence-electron chi connectivity index (χ1n) is 6.58. The van der Waals surface area contributed by atoms with Gasteiger partial charge in [-0.15, -0.1) is 0 Å². The maximum absolute atomic E-state index is 13.9. The quantitative estimate of drug-likeness (QED) is 0.847. The fourth-order valence-electron chi connectivity index (χ4n) is 2.05. The minimum absolute atomic E-state index is 0.211. The molecular weight excluding hydrogens is 274 g/mol. The fraction of sp³-hybridized carbons (Fsp3) is 0.188. The second-order valence-electron chi connectivity index (χ2n) is 4.77. The molecule has 0 fully saturated rings. The van der Waals surface area contributed by atoms with Crippen molar-refractivity contribution >= 4 is 17.3 Å². The van der Waals surface area contributed by atoms with E-state index in [-0.39, 0.29) is 5.56 Å². The number of rotatable bonds is 3. The van der Waals surface area contributed by atoms with Gasteiger partial charge >= 0.3 is 0 Å². The van der Waals surface area contributed by atoms with Crippen LogP contribution in [0.1, 0.15) is 28.4 Å². The highest BCUT2D eigenvalue weighted by Crippen LogP contribution is 2.21. The van der Waals surface area contributed by atoms with Crippen LogP contribution in [0.3, 0.4) is 0 Å². The number of hydrogen-bond acceptors (Lipinski definition) is 2. The maximum Gasteiger partial charge on any atom is 0.261 e. The molecule has 0 saturated carbocycles. The third-order valence-electron chi connectivity index (χ3n) is 3.30. The smallest absolute Gasteiger partial charge is 0.261 e. The summed E-state index contributed by atoms with van der Waals surface area (Å²) in [4.78, 5) is 12.0. The topological polar surface area (TPSA) is 55.1 Å². The molecule has 21 heavy (non-hydrogen) atoms. The van der Waals surface area contributed by atoms with Gasteiger partial charge in [0.15, 0.2) is 0 Å². The van der Waals surface area contributed by atoms with E-state index in [1.165, 1.54) is 13.0 Å². The SMILES string of the molecule is CCc1ccc(NC(=O)c2c(F)ccc(C)c2F)cc1N. The average molecular weight is 290 g/mol. The van der Waals surface area contributed by atoms with Crippen LogP contribution in [0.15, 0.2) is 30.3 Å². The number of carbonyl (C=O) groups excluding carboxylic acids is 1. The van der Waals surface area contributed by atoms with Gasteiger partial charge in [-0.25, -0.2) is 8.78 Å². The lowest BCUT2D eigenvalue weighted by atomic mass is 10.1. The zero-order valence-corrected chi connectivity index (χ0v) is 11.8. The molecule has 0 spiro atoms. The number of aryl methyl sites for hydroxylation is 2. The molecule has 0 unspecified atom stereocenters. The van der Waals surface area contributed by atoms with Crippen molar-refractivity contribution < 1.29 is 13.6 Å². The van der Waals surface area contributed by atoms with Gasteiger partial charge in [0.2, 0.25) is 0 Å². The molecule has 2 rings (SSSR count). The number of carbonyl (C=O) groups is 1. The van der Waals surface area contributed by atoms with E-state index >= 15 is 0 Å². The predicted octanol–water partition coefficient (Wildman–Crippen LogP) is 3.67. The number of halogens is 2. The first-order valence-corrected chi connectivity index (χ1v) is 6.58. The molecule has 0 heterocycles. The Morgan fingerprint density at radius 1 is 1.24 bits per heavy atom. The van der Waals surface area contributed by atoms with Crippen molar-refractivity contribution in [1.29, 1.82) is 0 Å². The Morgan fingerprint density at radius 2 is 1.95 bits per heavy atom. The second-order valence-corrected chi connectivity index (χ2v) is 4.77. The van der Waals surface area contributed by atoms with Crippen LogP contribution in [0.5, 0.6) is 0 Å². The average Bonchev–Trinajstić information content (AvgIpc) is 2.43. The first kappa shape index (κ1) is 15.0. The number of hydrogen-bond donors (Lipinski definition) is 2. The molecule has 0 aliphatic heterocycles. The summed E-state index contributed by atoms with van der Waals surface area (Å²) in [6, 6.07) is 7.35. The van der Waals surface area contributed by atoms with Crippen LogP contribution in [0, 0.1) is 18.6 Å². The number of nitrogens with one attached hydrogen (secondary N) is 1. The Labute approximate surface area is 121 Å². The van der Waals surface area contributed by atoms with Crippen molar-refractivity contribution in [2.45, 2.75) is 20.3 Å². The molecule has 2 aromatic carbocycles.